The highest BCUT2D eigenvalue weighted by Gasteiger charge is 2.32. The second kappa shape index (κ2) is 8.03. The van der Waals surface area contributed by atoms with E-state index in [1.165, 1.54) is 0 Å². The fraction of sp³-hybridized carbons (Fsp3) is 0.292. The van der Waals surface area contributed by atoms with Crippen LogP contribution in [-0.4, -0.2) is 36.8 Å². The average molecular weight is 404 g/mol. The molecular weight excluding hydrogens is 380 g/mol. The van der Waals surface area contributed by atoms with Crippen LogP contribution in [0.3, 0.4) is 0 Å². The van der Waals surface area contributed by atoms with Gasteiger partial charge < -0.3 is 24.5 Å². The number of carbonyl (C=O) groups excluding carboxylic acids is 1. The van der Waals surface area contributed by atoms with Crippen molar-refractivity contribution in [3.63, 3.8) is 0 Å². The van der Waals surface area contributed by atoms with Crippen molar-refractivity contribution >= 4 is 16.8 Å². The number of rotatable bonds is 5. The molecule has 0 atom stereocenters. The SMILES string of the molecule is COc1ccc2cc(C(=O)NCC#CCOc3cccc4c3OC(C)(C)C4)[nH]c2c1. The Kier molecular flexibility index (Phi) is 5.28. The Hall–Kier alpha value is -3.59. The van der Waals surface area contributed by atoms with Gasteiger partial charge in [0.25, 0.3) is 5.91 Å². The van der Waals surface area contributed by atoms with Crippen molar-refractivity contribution in [3.05, 3.63) is 53.7 Å². The Morgan fingerprint density at radius 1 is 1.23 bits per heavy atom. The lowest BCUT2D eigenvalue weighted by Gasteiger charge is -2.17. The summed E-state index contributed by atoms with van der Waals surface area (Å²) in [5.41, 5.74) is 2.26. The molecule has 0 bridgehead atoms. The zero-order valence-electron chi connectivity index (χ0n) is 17.3. The highest BCUT2D eigenvalue weighted by atomic mass is 16.5. The molecule has 154 valence electrons. The molecule has 2 N–H and O–H groups in total. The predicted octanol–water partition coefficient (Wildman–Crippen LogP) is 3.70. The van der Waals surface area contributed by atoms with E-state index in [0.29, 0.717) is 11.4 Å². The summed E-state index contributed by atoms with van der Waals surface area (Å²) < 4.78 is 17.0. The van der Waals surface area contributed by atoms with Crippen LogP contribution in [-0.2, 0) is 6.42 Å². The van der Waals surface area contributed by atoms with E-state index < -0.39 is 0 Å². The van der Waals surface area contributed by atoms with Crippen molar-refractivity contribution in [3.8, 4) is 29.1 Å². The lowest BCUT2D eigenvalue weighted by atomic mass is 10.0. The zero-order valence-corrected chi connectivity index (χ0v) is 17.3. The highest BCUT2D eigenvalue weighted by Crippen LogP contribution is 2.41. The van der Waals surface area contributed by atoms with E-state index >= 15 is 0 Å². The number of methoxy groups -OCH3 is 1. The quantitative estimate of drug-likeness (QED) is 0.636. The topological polar surface area (TPSA) is 72.6 Å². The van der Waals surface area contributed by atoms with Crippen LogP contribution in [0, 0.1) is 11.8 Å². The smallest absolute Gasteiger partial charge is 0.268 e. The number of carbonyl (C=O) groups is 1. The number of hydrogen-bond donors (Lipinski definition) is 2. The fourth-order valence-corrected chi connectivity index (χ4v) is 3.50. The molecule has 6 nitrogen and oxygen atoms in total. The summed E-state index contributed by atoms with van der Waals surface area (Å²) in [6.07, 6.45) is 0.859. The molecule has 1 aromatic heterocycles. The maximum atomic E-state index is 12.3. The number of fused-ring (bicyclic) bond motifs is 2. The summed E-state index contributed by atoms with van der Waals surface area (Å²) in [6, 6.07) is 13.3. The third-order valence-electron chi connectivity index (χ3n) is 4.89. The number of hydrogen-bond acceptors (Lipinski definition) is 4. The number of aromatic amines is 1. The summed E-state index contributed by atoms with van der Waals surface area (Å²) in [6.45, 7) is 4.57. The van der Waals surface area contributed by atoms with E-state index in [4.69, 9.17) is 14.2 Å². The van der Waals surface area contributed by atoms with Gasteiger partial charge in [0, 0.05) is 29.0 Å². The number of benzene rings is 2. The number of ether oxygens (including phenoxy) is 3. The van der Waals surface area contributed by atoms with Crippen LogP contribution in [0.5, 0.6) is 17.2 Å². The van der Waals surface area contributed by atoms with E-state index in [-0.39, 0.29) is 24.7 Å². The predicted molar refractivity (Wildman–Crippen MR) is 115 cm³/mol. The van der Waals surface area contributed by atoms with Gasteiger partial charge in [0.15, 0.2) is 11.5 Å². The molecule has 0 aliphatic carbocycles. The number of nitrogens with one attached hydrogen (secondary N) is 2. The van der Waals surface area contributed by atoms with Crippen LogP contribution < -0.4 is 19.5 Å². The number of H-pyrrole nitrogens is 1. The van der Waals surface area contributed by atoms with E-state index in [1.54, 1.807) is 13.2 Å². The van der Waals surface area contributed by atoms with Gasteiger partial charge in [-0.1, -0.05) is 24.0 Å². The first-order valence-electron chi connectivity index (χ1n) is 9.79. The van der Waals surface area contributed by atoms with E-state index in [0.717, 1.165) is 34.4 Å². The molecule has 0 saturated carbocycles. The monoisotopic (exact) mass is 404 g/mol. The van der Waals surface area contributed by atoms with Gasteiger partial charge in [-0.2, -0.15) is 0 Å². The third-order valence-corrected chi connectivity index (χ3v) is 4.89. The largest absolute Gasteiger partial charge is 0.497 e. The molecule has 1 amide bonds. The van der Waals surface area contributed by atoms with Crippen molar-refractivity contribution in [2.75, 3.05) is 20.3 Å². The summed E-state index contributed by atoms with van der Waals surface area (Å²) >= 11 is 0. The Morgan fingerprint density at radius 2 is 2.10 bits per heavy atom. The van der Waals surface area contributed by atoms with Gasteiger partial charge in [-0.3, -0.25) is 4.79 Å². The van der Waals surface area contributed by atoms with Crippen LogP contribution in [0.1, 0.15) is 29.9 Å². The number of aromatic nitrogens is 1. The molecule has 0 saturated heterocycles. The Labute approximate surface area is 175 Å². The second-order valence-corrected chi connectivity index (χ2v) is 7.74. The van der Waals surface area contributed by atoms with Gasteiger partial charge in [-0.15, -0.1) is 0 Å². The molecule has 0 spiro atoms. The van der Waals surface area contributed by atoms with Crippen molar-refractivity contribution in [2.45, 2.75) is 25.9 Å². The molecule has 0 radical (unpaired) electrons. The second-order valence-electron chi connectivity index (χ2n) is 7.74. The highest BCUT2D eigenvalue weighted by molar-refractivity contribution is 5.98. The molecule has 0 unspecified atom stereocenters. The molecule has 0 fully saturated rings. The van der Waals surface area contributed by atoms with Gasteiger partial charge in [0.2, 0.25) is 0 Å². The van der Waals surface area contributed by atoms with E-state index in [9.17, 15) is 4.79 Å². The minimum absolute atomic E-state index is 0.211. The molecule has 3 aromatic rings. The minimum atomic E-state index is -0.217. The Balaban J connectivity index is 1.29. The Bertz CT molecular complexity index is 1150. The average Bonchev–Trinajstić information content (AvgIpc) is 3.29. The summed E-state index contributed by atoms with van der Waals surface area (Å²) in [5.74, 6) is 7.86. The molecule has 4 rings (SSSR count). The summed E-state index contributed by atoms with van der Waals surface area (Å²) in [7, 11) is 1.61. The Morgan fingerprint density at radius 3 is 2.93 bits per heavy atom. The molecule has 1 aliphatic rings. The maximum Gasteiger partial charge on any atom is 0.268 e. The first-order valence-corrected chi connectivity index (χ1v) is 9.79. The normalized spacial score (nSPS) is 13.7. The lowest BCUT2D eigenvalue weighted by Crippen LogP contribution is -2.24. The summed E-state index contributed by atoms with van der Waals surface area (Å²) in [4.78, 5) is 15.4. The van der Waals surface area contributed by atoms with Gasteiger partial charge in [-0.25, -0.2) is 0 Å². The van der Waals surface area contributed by atoms with Crippen LogP contribution >= 0.6 is 0 Å². The minimum Gasteiger partial charge on any atom is -0.497 e. The van der Waals surface area contributed by atoms with Crippen molar-refractivity contribution in [2.24, 2.45) is 0 Å². The van der Waals surface area contributed by atoms with Crippen LogP contribution in [0.4, 0.5) is 0 Å². The number of para-hydroxylation sites is 1. The van der Waals surface area contributed by atoms with Crippen LogP contribution in [0.15, 0.2) is 42.5 Å². The zero-order chi connectivity index (χ0) is 21.1. The lowest BCUT2D eigenvalue weighted by molar-refractivity contribution is 0.0954. The number of amides is 1. The van der Waals surface area contributed by atoms with E-state index in [1.807, 2.05) is 30.3 Å². The third kappa shape index (κ3) is 4.20. The van der Waals surface area contributed by atoms with Gasteiger partial charge in [0.05, 0.1) is 13.7 Å². The molecule has 6 heteroatoms. The maximum absolute atomic E-state index is 12.3. The summed E-state index contributed by atoms with van der Waals surface area (Å²) in [5, 5.41) is 3.73. The first-order chi connectivity index (χ1) is 14.4. The van der Waals surface area contributed by atoms with Crippen LogP contribution in [0.25, 0.3) is 10.9 Å². The van der Waals surface area contributed by atoms with Crippen molar-refractivity contribution in [1.82, 2.24) is 10.3 Å². The molecule has 2 heterocycles. The molecule has 1 aliphatic heterocycles. The first kappa shape index (κ1) is 19.7. The van der Waals surface area contributed by atoms with E-state index in [2.05, 4.69) is 42.1 Å². The van der Waals surface area contributed by atoms with Crippen LogP contribution in [0.2, 0.25) is 0 Å². The molecular formula is C24H24N2O4. The van der Waals surface area contributed by atoms with Gasteiger partial charge in [0.1, 0.15) is 23.7 Å². The van der Waals surface area contributed by atoms with Gasteiger partial charge in [-0.05, 0) is 38.1 Å². The molecule has 30 heavy (non-hydrogen) atoms. The van der Waals surface area contributed by atoms with Crippen molar-refractivity contribution < 1.29 is 19.0 Å². The van der Waals surface area contributed by atoms with Gasteiger partial charge >= 0.3 is 0 Å². The van der Waals surface area contributed by atoms with Crippen molar-refractivity contribution in [1.29, 1.82) is 0 Å². The standard InChI is InChI=1S/C24H24N2O4/c1-24(2)15-17-7-6-8-21(22(17)30-24)29-12-5-4-11-25-23(27)20-13-16-9-10-18(28-3)14-19(16)26-20/h6-10,13-14,26H,11-12,15H2,1-3H3,(H,25,27). The molecule has 2 aromatic carbocycles. The fourth-order valence-electron chi connectivity index (χ4n) is 3.50.